The molecule has 0 heterocycles. The number of benzene rings is 2. The van der Waals surface area contributed by atoms with Gasteiger partial charge in [-0.05, 0) is 42.3 Å². The number of aromatic hydroxyl groups is 1. The first kappa shape index (κ1) is 18.6. The van der Waals surface area contributed by atoms with Gasteiger partial charge in [0.25, 0.3) is 5.91 Å². The fraction of sp³-hybridized carbons (Fsp3) is 0.222. The van der Waals surface area contributed by atoms with E-state index in [4.69, 9.17) is 21.1 Å². The van der Waals surface area contributed by atoms with Crippen LogP contribution in [0.4, 0.5) is 0 Å². The lowest BCUT2D eigenvalue weighted by molar-refractivity contribution is 0.0954. The molecule has 0 radical (unpaired) electrons. The summed E-state index contributed by atoms with van der Waals surface area (Å²) < 4.78 is 10.9. The Morgan fingerprint density at radius 2 is 2.16 bits per heavy atom. The fourth-order valence-corrected chi connectivity index (χ4v) is 2.31. The van der Waals surface area contributed by atoms with Gasteiger partial charge in [0.2, 0.25) is 0 Å². The molecule has 2 aromatic carbocycles. The second-order valence-corrected chi connectivity index (χ2v) is 5.54. The lowest BCUT2D eigenvalue weighted by Gasteiger charge is -2.12. The van der Waals surface area contributed by atoms with Gasteiger partial charge in [-0.2, -0.15) is 5.10 Å². The van der Waals surface area contributed by atoms with Gasteiger partial charge in [0.05, 0.1) is 25.0 Å². The molecule has 2 N–H and O–H groups in total. The van der Waals surface area contributed by atoms with Crippen molar-refractivity contribution in [3.63, 3.8) is 0 Å². The molecule has 25 heavy (non-hydrogen) atoms. The van der Waals surface area contributed by atoms with E-state index in [0.29, 0.717) is 34.3 Å². The van der Waals surface area contributed by atoms with E-state index in [1.807, 2.05) is 6.92 Å². The minimum absolute atomic E-state index is 0.0100. The monoisotopic (exact) mass is 362 g/mol. The van der Waals surface area contributed by atoms with Gasteiger partial charge in [-0.1, -0.05) is 24.6 Å². The molecular weight excluding hydrogens is 344 g/mol. The van der Waals surface area contributed by atoms with Crippen molar-refractivity contribution in [3.8, 4) is 17.2 Å². The van der Waals surface area contributed by atoms with Gasteiger partial charge in [0.1, 0.15) is 5.75 Å². The SMILES string of the molecule is CCCOc1c(Cl)cc(/C=N\NC(=O)c2cccc(O)c2)cc1OC. The van der Waals surface area contributed by atoms with Crippen molar-refractivity contribution < 1.29 is 19.4 Å². The molecular formula is C18H19ClN2O4. The van der Waals surface area contributed by atoms with Crippen LogP contribution in [0.25, 0.3) is 0 Å². The van der Waals surface area contributed by atoms with Crippen molar-refractivity contribution in [1.82, 2.24) is 5.43 Å². The molecule has 0 aliphatic carbocycles. The van der Waals surface area contributed by atoms with E-state index in [1.165, 1.54) is 25.5 Å². The molecule has 1 amide bonds. The van der Waals surface area contributed by atoms with Gasteiger partial charge in [-0.15, -0.1) is 0 Å². The summed E-state index contributed by atoms with van der Waals surface area (Å²) in [6.07, 6.45) is 2.29. The third kappa shape index (κ3) is 5.12. The van der Waals surface area contributed by atoms with E-state index in [9.17, 15) is 9.90 Å². The molecule has 0 saturated heterocycles. The van der Waals surface area contributed by atoms with Gasteiger partial charge in [0.15, 0.2) is 11.5 Å². The molecule has 2 aromatic rings. The first-order valence-corrected chi connectivity index (χ1v) is 8.05. The van der Waals surface area contributed by atoms with Gasteiger partial charge in [0, 0.05) is 5.56 Å². The number of methoxy groups -OCH3 is 1. The Bertz CT molecular complexity index is 778. The van der Waals surface area contributed by atoms with E-state index in [2.05, 4.69) is 10.5 Å². The number of phenols is 1. The zero-order chi connectivity index (χ0) is 18.2. The number of carbonyl (C=O) groups is 1. The molecule has 0 saturated carbocycles. The van der Waals surface area contributed by atoms with Crippen LogP contribution in [0.15, 0.2) is 41.5 Å². The predicted molar refractivity (Wildman–Crippen MR) is 97.0 cm³/mol. The maximum atomic E-state index is 11.9. The van der Waals surface area contributed by atoms with Crippen molar-refractivity contribution in [1.29, 1.82) is 0 Å². The van der Waals surface area contributed by atoms with Crippen LogP contribution >= 0.6 is 11.6 Å². The predicted octanol–water partition coefficient (Wildman–Crippen LogP) is 3.61. The maximum absolute atomic E-state index is 11.9. The number of phenolic OH excluding ortho intramolecular Hbond substituents is 1. The smallest absolute Gasteiger partial charge is 0.271 e. The number of nitrogens with one attached hydrogen (secondary N) is 1. The Morgan fingerprint density at radius 3 is 2.84 bits per heavy atom. The summed E-state index contributed by atoms with van der Waals surface area (Å²) in [5.41, 5.74) is 3.33. The summed E-state index contributed by atoms with van der Waals surface area (Å²) in [5.74, 6) is 0.539. The standard InChI is InChI=1S/C18H19ClN2O4/c1-3-7-25-17-15(19)8-12(9-16(17)24-2)11-20-21-18(23)13-5-4-6-14(22)10-13/h4-6,8-11,22H,3,7H2,1-2H3,(H,21,23)/b20-11-. The number of carbonyl (C=O) groups excluding carboxylic acids is 1. The minimum atomic E-state index is -0.437. The van der Waals surface area contributed by atoms with E-state index < -0.39 is 5.91 Å². The second kappa shape index (κ2) is 8.94. The summed E-state index contributed by atoms with van der Waals surface area (Å²) >= 11 is 6.22. The van der Waals surface area contributed by atoms with Crippen molar-refractivity contribution in [2.24, 2.45) is 5.10 Å². The Balaban J connectivity index is 2.10. The highest BCUT2D eigenvalue weighted by molar-refractivity contribution is 6.32. The number of hydrazone groups is 1. The molecule has 0 aliphatic heterocycles. The summed E-state index contributed by atoms with van der Waals surface area (Å²) in [5, 5.41) is 13.7. The zero-order valence-corrected chi connectivity index (χ0v) is 14.7. The number of hydrogen-bond acceptors (Lipinski definition) is 5. The van der Waals surface area contributed by atoms with Crippen LogP contribution in [0.3, 0.4) is 0 Å². The highest BCUT2D eigenvalue weighted by Crippen LogP contribution is 2.36. The quantitative estimate of drug-likeness (QED) is 0.582. The third-order valence-electron chi connectivity index (χ3n) is 3.19. The van der Waals surface area contributed by atoms with Gasteiger partial charge in [-0.25, -0.2) is 5.43 Å². The maximum Gasteiger partial charge on any atom is 0.271 e. The molecule has 0 aliphatic rings. The first-order valence-electron chi connectivity index (χ1n) is 7.68. The molecule has 0 spiro atoms. The van der Waals surface area contributed by atoms with Gasteiger partial charge in [-0.3, -0.25) is 4.79 Å². The summed E-state index contributed by atoms with van der Waals surface area (Å²) in [7, 11) is 1.52. The molecule has 0 bridgehead atoms. The Hall–Kier alpha value is -2.73. The van der Waals surface area contributed by atoms with E-state index in [0.717, 1.165) is 6.42 Å². The van der Waals surface area contributed by atoms with Crippen LogP contribution in [0, 0.1) is 0 Å². The number of amides is 1. The third-order valence-corrected chi connectivity index (χ3v) is 3.47. The average molecular weight is 363 g/mol. The van der Waals surface area contributed by atoms with Crippen LogP contribution < -0.4 is 14.9 Å². The number of halogens is 1. The van der Waals surface area contributed by atoms with Crippen LogP contribution in [-0.2, 0) is 0 Å². The van der Waals surface area contributed by atoms with Crippen LogP contribution in [0.2, 0.25) is 5.02 Å². The molecule has 132 valence electrons. The number of nitrogens with zero attached hydrogens (tertiary/aromatic N) is 1. The lowest BCUT2D eigenvalue weighted by atomic mass is 10.2. The van der Waals surface area contributed by atoms with Gasteiger partial charge >= 0.3 is 0 Å². The molecule has 0 fully saturated rings. The van der Waals surface area contributed by atoms with Crippen LogP contribution in [-0.4, -0.2) is 30.9 Å². The Labute approximate surface area is 151 Å². The molecule has 2 rings (SSSR count). The minimum Gasteiger partial charge on any atom is -0.508 e. The van der Waals surface area contributed by atoms with Crippen molar-refractivity contribution >= 4 is 23.7 Å². The molecule has 0 aromatic heterocycles. The number of rotatable bonds is 7. The van der Waals surface area contributed by atoms with Gasteiger partial charge < -0.3 is 14.6 Å². The highest BCUT2D eigenvalue weighted by atomic mass is 35.5. The summed E-state index contributed by atoms with van der Waals surface area (Å²) in [4.78, 5) is 11.9. The highest BCUT2D eigenvalue weighted by Gasteiger charge is 2.11. The molecule has 0 atom stereocenters. The van der Waals surface area contributed by atoms with Crippen LogP contribution in [0.5, 0.6) is 17.2 Å². The average Bonchev–Trinajstić information content (AvgIpc) is 2.60. The van der Waals surface area contributed by atoms with Crippen molar-refractivity contribution in [2.75, 3.05) is 13.7 Å². The second-order valence-electron chi connectivity index (χ2n) is 5.13. The van der Waals surface area contributed by atoms with Crippen molar-refractivity contribution in [2.45, 2.75) is 13.3 Å². The Morgan fingerprint density at radius 1 is 1.36 bits per heavy atom. The van der Waals surface area contributed by atoms with Crippen molar-refractivity contribution in [3.05, 3.63) is 52.5 Å². The molecule has 0 unspecified atom stereocenters. The topological polar surface area (TPSA) is 80.2 Å². The fourth-order valence-electron chi connectivity index (χ4n) is 2.04. The van der Waals surface area contributed by atoms with E-state index >= 15 is 0 Å². The normalized spacial score (nSPS) is 10.7. The zero-order valence-electron chi connectivity index (χ0n) is 14.0. The van der Waals surface area contributed by atoms with E-state index in [1.54, 1.807) is 24.3 Å². The Kier molecular flexibility index (Phi) is 6.65. The largest absolute Gasteiger partial charge is 0.508 e. The molecule has 6 nitrogen and oxygen atoms in total. The van der Waals surface area contributed by atoms with Crippen LogP contribution in [0.1, 0.15) is 29.3 Å². The van der Waals surface area contributed by atoms with E-state index in [-0.39, 0.29) is 5.75 Å². The summed E-state index contributed by atoms with van der Waals surface area (Å²) in [6, 6.07) is 9.36. The number of hydrogen-bond donors (Lipinski definition) is 2. The molecule has 7 heteroatoms. The number of ether oxygens (including phenoxy) is 2. The first-order chi connectivity index (χ1) is 12.0. The lowest BCUT2D eigenvalue weighted by Crippen LogP contribution is -2.17. The summed E-state index contributed by atoms with van der Waals surface area (Å²) in [6.45, 7) is 2.53.